The molecule has 110 valence electrons. The van der Waals surface area contributed by atoms with Crippen LogP contribution < -0.4 is 11.1 Å². The number of carbonyl (C=O) groups excluding carboxylic acids is 2. The fourth-order valence-electron chi connectivity index (χ4n) is 1.78. The van der Waals surface area contributed by atoms with Crippen molar-refractivity contribution in [3.05, 3.63) is 29.8 Å². The zero-order valence-corrected chi connectivity index (χ0v) is 12.0. The summed E-state index contributed by atoms with van der Waals surface area (Å²) in [6, 6.07) is 6.92. The van der Waals surface area contributed by atoms with Crippen LogP contribution in [0.1, 0.15) is 43.5 Å². The van der Waals surface area contributed by atoms with Crippen molar-refractivity contribution in [2.24, 2.45) is 5.73 Å². The van der Waals surface area contributed by atoms with Crippen LogP contribution in [-0.4, -0.2) is 24.5 Å². The molecule has 0 fully saturated rings. The van der Waals surface area contributed by atoms with Crippen LogP contribution >= 0.6 is 0 Å². The fourth-order valence-corrected chi connectivity index (χ4v) is 1.78. The van der Waals surface area contributed by atoms with Gasteiger partial charge in [-0.25, -0.2) is 4.79 Å². The fraction of sp³-hybridized carbons (Fsp3) is 0.467. The molecule has 5 nitrogen and oxygen atoms in total. The van der Waals surface area contributed by atoms with Gasteiger partial charge < -0.3 is 15.8 Å². The van der Waals surface area contributed by atoms with Crippen molar-refractivity contribution < 1.29 is 14.3 Å². The lowest BCUT2D eigenvalue weighted by molar-refractivity contribution is -0.116. The minimum Gasteiger partial charge on any atom is -0.462 e. The molecule has 0 radical (unpaired) electrons. The number of amides is 1. The largest absolute Gasteiger partial charge is 0.462 e. The molecule has 1 aromatic carbocycles. The summed E-state index contributed by atoms with van der Waals surface area (Å²) in [5, 5.41) is 2.74. The van der Waals surface area contributed by atoms with Crippen LogP contribution in [0.5, 0.6) is 0 Å². The van der Waals surface area contributed by atoms with Crippen molar-refractivity contribution >= 4 is 17.6 Å². The first-order valence-electron chi connectivity index (χ1n) is 6.86. The highest BCUT2D eigenvalue weighted by Gasteiger charge is 2.13. The highest BCUT2D eigenvalue weighted by molar-refractivity contribution is 6.01. The molecule has 0 aliphatic rings. The number of esters is 1. The molecule has 0 spiro atoms. The highest BCUT2D eigenvalue weighted by atomic mass is 16.5. The summed E-state index contributed by atoms with van der Waals surface area (Å²) in [5.41, 5.74) is 6.49. The molecule has 1 unspecified atom stereocenters. The van der Waals surface area contributed by atoms with E-state index in [4.69, 9.17) is 10.5 Å². The van der Waals surface area contributed by atoms with E-state index in [1.54, 1.807) is 31.2 Å². The Bertz CT molecular complexity index is 458. The maximum absolute atomic E-state index is 11.8. The van der Waals surface area contributed by atoms with Crippen LogP contribution in [0.3, 0.4) is 0 Å². The average Bonchev–Trinajstić information content (AvgIpc) is 2.39. The molecule has 0 aliphatic heterocycles. The van der Waals surface area contributed by atoms with Crippen molar-refractivity contribution in [1.82, 2.24) is 0 Å². The summed E-state index contributed by atoms with van der Waals surface area (Å²) in [7, 11) is 0. The number of hydrogen-bond acceptors (Lipinski definition) is 4. The molecule has 20 heavy (non-hydrogen) atoms. The van der Waals surface area contributed by atoms with Gasteiger partial charge in [-0.15, -0.1) is 0 Å². The van der Waals surface area contributed by atoms with Gasteiger partial charge in [-0.2, -0.15) is 0 Å². The van der Waals surface area contributed by atoms with E-state index in [2.05, 4.69) is 5.32 Å². The van der Waals surface area contributed by atoms with E-state index in [0.29, 0.717) is 24.3 Å². The molecule has 0 aliphatic carbocycles. The topological polar surface area (TPSA) is 81.4 Å². The van der Waals surface area contributed by atoms with Crippen molar-refractivity contribution in [3.63, 3.8) is 0 Å². The summed E-state index contributed by atoms with van der Waals surface area (Å²) in [6.07, 6.45) is 1.91. The van der Waals surface area contributed by atoms with E-state index in [-0.39, 0.29) is 11.9 Å². The van der Waals surface area contributed by atoms with E-state index in [0.717, 1.165) is 12.8 Å². The number of para-hydroxylation sites is 1. The third-order valence-electron chi connectivity index (χ3n) is 2.76. The van der Waals surface area contributed by atoms with Crippen LogP contribution in [0.4, 0.5) is 5.69 Å². The molecule has 0 heterocycles. The van der Waals surface area contributed by atoms with E-state index in [1.807, 2.05) is 6.92 Å². The smallest absolute Gasteiger partial charge is 0.340 e. The number of nitrogens with two attached hydrogens (primary N) is 1. The first kappa shape index (κ1) is 16.2. The normalized spacial score (nSPS) is 11.8. The minimum absolute atomic E-state index is 0.0922. The van der Waals surface area contributed by atoms with Gasteiger partial charge >= 0.3 is 5.97 Å². The van der Waals surface area contributed by atoms with Gasteiger partial charge in [0.25, 0.3) is 0 Å². The second-order valence-electron chi connectivity index (χ2n) is 4.68. The molecule has 5 heteroatoms. The molecule has 1 amide bonds. The van der Waals surface area contributed by atoms with Crippen LogP contribution in [-0.2, 0) is 9.53 Å². The number of rotatable bonds is 7. The van der Waals surface area contributed by atoms with Gasteiger partial charge in [-0.1, -0.05) is 12.1 Å². The van der Waals surface area contributed by atoms with Crippen LogP contribution in [0.25, 0.3) is 0 Å². The Hall–Kier alpha value is -1.88. The summed E-state index contributed by atoms with van der Waals surface area (Å²) in [4.78, 5) is 23.6. The van der Waals surface area contributed by atoms with Gasteiger partial charge in [0, 0.05) is 12.5 Å². The molecule has 1 rings (SSSR count). The molecule has 0 bridgehead atoms. The average molecular weight is 278 g/mol. The van der Waals surface area contributed by atoms with Crippen LogP contribution in [0.15, 0.2) is 24.3 Å². The summed E-state index contributed by atoms with van der Waals surface area (Å²) in [6.45, 7) is 3.95. The first-order valence-corrected chi connectivity index (χ1v) is 6.86. The summed E-state index contributed by atoms with van der Waals surface area (Å²) >= 11 is 0. The van der Waals surface area contributed by atoms with Crippen molar-refractivity contribution in [1.29, 1.82) is 0 Å². The summed E-state index contributed by atoms with van der Waals surface area (Å²) < 4.78 is 4.96. The number of nitrogens with one attached hydrogen (secondary N) is 1. The van der Waals surface area contributed by atoms with Gasteiger partial charge in [0.05, 0.1) is 17.9 Å². The lowest BCUT2D eigenvalue weighted by Gasteiger charge is -2.10. The third kappa shape index (κ3) is 5.40. The SMILES string of the molecule is CCOC(=O)c1ccccc1NC(=O)CCCC(C)N. The number of carbonyl (C=O) groups is 2. The molecule has 3 N–H and O–H groups in total. The molecule has 0 saturated heterocycles. The van der Waals surface area contributed by atoms with Crippen molar-refractivity contribution in [2.45, 2.75) is 39.2 Å². The second kappa shape index (κ2) is 8.32. The predicted molar refractivity (Wildman–Crippen MR) is 78.5 cm³/mol. The van der Waals surface area contributed by atoms with Crippen LogP contribution in [0, 0.1) is 0 Å². The van der Waals surface area contributed by atoms with E-state index < -0.39 is 5.97 Å². The summed E-state index contributed by atoms with van der Waals surface area (Å²) in [5.74, 6) is -0.554. The van der Waals surface area contributed by atoms with Crippen LogP contribution in [0.2, 0.25) is 0 Å². The monoisotopic (exact) mass is 278 g/mol. The zero-order valence-electron chi connectivity index (χ0n) is 12.0. The molecular weight excluding hydrogens is 256 g/mol. The van der Waals surface area contributed by atoms with E-state index >= 15 is 0 Å². The Kier molecular flexibility index (Phi) is 6.73. The second-order valence-corrected chi connectivity index (χ2v) is 4.68. The highest BCUT2D eigenvalue weighted by Crippen LogP contribution is 2.17. The molecule has 1 aromatic rings. The van der Waals surface area contributed by atoms with Gasteiger partial charge in [-0.05, 0) is 38.8 Å². The van der Waals surface area contributed by atoms with Crippen molar-refractivity contribution in [2.75, 3.05) is 11.9 Å². The standard InChI is InChI=1S/C15H22N2O3/c1-3-20-15(19)12-8-4-5-9-13(12)17-14(18)10-6-7-11(2)16/h4-5,8-9,11H,3,6-7,10,16H2,1-2H3,(H,17,18). The molecule has 1 atom stereocenters. The lowest BCUT2D eigenvalue weighted by Crippen LogP contribution is -2.18. The quantitative estimate of drug-likeness (QED) is 0.750. The maximum Gasteiger partial charge on any atom is 0.340 e. The minimum atomic E-state index is -0.431. The molecular formula is C15H22N2O3. The first-order chi connectivity index (χ1) is 9.54. The number of ether oxygens (including phenoxy) is 1. The number of benzene rings is 1. The molecule has 0 saturated carbocycles. The Balaban J connectivity index is 2.63. The predicted octanol–water partition coefficient (Wildman–Crippen LogP) is 2.32. The van der Waals surface area contributed by atoms with Gasteiger partial charge in [0.1, 0.15) is 0 Å². The lowest BCUT2D eigenvalue weighted by atomic mass is 10.1. The number of hydrogen-bond donors (Lipinski definition) is 2. The maximum atomic E-state index is 11.8. The van der Waals surface area contributed by atoms with E-state index in [9.17, 15) is 9.59 Å². The van der Waals surface area contributed by atoms with Gasteiger partial charge in [-0.3, -0.25) is 4.79 Å². The van der Waals surface area contributed by atoms with Gasteiger partial charge in [0.2, 0.25) is 5.91 Å². The van der Waals surface area contributed by atoms with E-state index in [1.165, 1.54) is 0 Å². The zero-order chi connectivity index (χ0) is 15.0. The Morgan fingerprint density at radius 1 is 1.35 bits per heavy atom. The Morgan fingerprint density at radius 3 is 2.70 bits per heavy atom. The molecule has 0 aromatic heterocycles. The number of anilines is 1. The van der Waals surface area contributed by atoms with Gasteiger partial charge in [0.15, 0.2) is 0 Å². The van der Waals surface area contributed by atoms with Crippen molar-refractivity contribution in [3.8, 4) is 0 Å². The Morgan fingerprint density at radius 2 is 2.05 bits per heavy atom. The Labute approximate surface area is 119 Å². The third-order valence-corrected chi connectivity index (χ3v) is 2.76.